The number of carboxylic acids is 1. The molecule has 5 nitrogen and oxygen atoms in total. The van der Waals surface area contributed by atoms with Gasteiger partial charge in [-0.2, -0.15) is 0 Å². The van der Waals surface area contributed by atoms with Crippen LogP contribution in [-0.2, 0) is 22.5 Å². The maximum atomic E-state index is 10.6. The summed E-state index contributed by atoms with van der Waals surface area (Å²) in [5.41, 5.74) is 2.04. The van der Waals surface area contributed by atoms with Crippen LogP contribution in [0.15, 0.2) is 24.3 Å². The van der Waals surface area contributed by atoms with Crippen molar-refractivity contribution in [3.63, 3.8) is 0 Å². The highest BCUT2D eigenvalue weighted by Gasteiger charge is 2.19. The number of benzene rings is 1. The van der Waals surface area contributed by atoms with Crippen molar-refractivity contribution < 1.29 is 19.7 Å². The van der Waals surface area contributed by atoms with Crippen LogP contribution in [0.1, 0.15) is 24.0 Å². The first-order valence-electron chi connectivity index (χ1n) is 7.42. The quantitative estimate of drug-likeness (QED) is 0.792. The number of rotatable bonds is 7. The lowest BCUT2D eigenvalue weighted by atomic mass is 10.1. The monoisotopic (exact) mass is 293 g/mol. The number of aliphatic hydroxyl groups excluding tert-OH is 1. The normalized spacial score (nSPS) is 17.0. The third-order valence-electron chi connectivity index (χ3n) is 3.76. The van der Waals surface area contributed by atoms with Crippen LogP contribution in [-0.4, -0.2) is 53.5 Å². The third-order valence-corrected chi connectivity index (χ3v) is 3.76. The van der Waals surface area contributed by atoms with Crippen LogP contribution in [0.4, 0.5) is 0 Å². The summed E-state index contributed by atoms with van der Waals surface area (Å²) in [6.07, 6.45) is 2.34. The Bertz CT molecular complexity index is 438. The molecule has 1 fully saturated rings. The number of carboxylic acid groups (broad SMARTS) is 1. The minimum atomic E-state index is -0.798. The van der Waals surface area contributed by atoms with Crippen molar-refractivity contribution in [1.29, 1.82) is 0 Å². The molecule has 0 saturated carbocycles. The van der Waals surface area contributed by atoms with Gasteiger partial charge in [0.25, 0.3) is 0 Å². The summed E-state index contributed by atoms with van der Waals surface area (Å²) in [6.45, 7) is 3.39. The molecule has 116 valence electrons. The molecule has 1 aromatic rings. The van der Waals surface area contributed by atoms with Gasteiger partial charge in [0.15, 0.2) is 0 Å². The van der Waals surface area contributed by atoms with Crippen LogP contribution in [0.2, 0.25) is 0 Å². The van der Waals surface area contributed by atoms with E-state index in [0.717, 1.165) is 38.0 Å². The van der Waals surface area contributed by atoms with Crippen LogP contribution < -0.4 is 0 Å². The topological polar surface area (TPSA) is 70.0 Å². The van der Waals surface area contributed by atoms with E-state index in [0.29, 0.717) is 6.61 Å². The van der Waals surface area contributed by atoms with E-state index in [1.54, 1.807) is 0 Å². The van der Waals surface area contributed by atoms with Crippen molar-refractivity contribution in [3.8, 4) is 0 Å². The fourth-order valence-corrected chi connectivity index (χ4v) is 2.65. The zero-order valence-corrected chi connectivity index (χ0v) is 12.2. The lowest BCUT2D eigenvalue weighted by Crippen LogP contribution is -2.36. The van der Waals surface area contributed by atoms with Gasteiger partial charge in [-0.15, -0.1) is 0 Å². The van der Waals surface area contributed by atoms with Crippen molar-refractivity contribution in [2.45, 2.75) is 31.9 Å². The van der Waals surface area contributed by atoms with Gasteiger partial charge in [0.1, 0.15) is 0 Å². The summed E-state index contributed by atoms with van der Waals surface area (Å²) in [7, 11) is 0. The Labute approximate surface area is 125 Å². The van der Waals surface area contributed by atoms with Crippen LogP contribution in [0.3, 0.4) is 0 Å². The Kier molecular flexibility index (Phi) is 6.17. The van der Waals surface area contributed by atoms with Gasteiger partial charge in [0.2, 0.25) is 0 Å². The Morgan fingerprint density at radius 2 is 1.81 bits per heavy atom. The number of nitrogens with zero attached hydrogens (tertiary/aromatic N) is 1. The minimum absolute atomic E-state index is 0.0773. The smallest absolute Gasteiger partial charge is 0.307 e. The first kappa shape index (κ1) is 15.9. The van der Waals surface area contributed by atoms with Crippen molar-refractivity contribution in [2.24, 2.45) is 0 Å². The first-order valence-corrected chi connectivity index (χ1v) is 7.42. The summed E-state index contributed by atoms with van der Waals surface area (Å²) in [5, 5.41) is 17.5. The third kappa shape index (κ3) is 5.46. The summed E-state index contributed by atoms with van der Waals surface area (Å²) >= 11 is 0. The molecule has 1 heterocycles. The van der Waals surface area contributed by atoms with E-state index in [9.17, 15) is 4.79 Å². The van der Waals surface area contributed by atoms with E-state index >= 15 is 0 Å². The number of hydrogen-bond acceptors (Lipinski definition) is 4. The minimum Gasteiger partial charge on any atom is -0.481 e. The molecule has 0 amide bonds. The predicted molar refractivity (Wildman–Crippen MR) is 79.1 cm³/mol. The zero-order valence-electron chi connectivity index (χ0n) is 12.2. The molecule has 0 radical (unpaired) electrons. The average molecular weight is 293 g/mol. The molecule has 0 unspecified atom stereocenters. The predicted octanol–water partition coefficient (Wildman–Crippen LogP) is 1.29. The van der Waals surface area contributed by atoms with Gasteiger partial charge in [0, 0.05) is 19.6 Å². The van der Waals surface area contributed by atoms with E-state index in [1.807, 2.05) is 24.3 Å². The summed E-state index contributed by atoms with van der Waals surface area (Å²) in [5.74, 6) is -0.798. The number of likely N-dealkylation sites (tertiary alicyclic amines) is 1. The fraction of sp³-hybridized carbons (Fsp3) is 0.562. The Hall–Kier alpha value is -1.43. The summed E-state index contributed by atoms with van der Waals surface area (Å²) in [6, 6.07) is 7.79. The van der Waals surface area contributed by atoms with E-state index < -0.39 is 5.97 Å². The molecule has 0 atom stereocenters. The Morgan fingerprint density at radius 1 is 1.19 bits per heavy atom. The molecule has 21 heavy (non-hydrogen) atoms. The van der Waals surface area contributed by atoms with E-state index in [1.165, 1.54) is 5.56 Å². The molecule has 5 heteroatoms. The van der Waals surface area contributed by atoms with Crippen LogP contribution >= 0.6 is 0 Å². The Morgan fingerprint density at radius 3 is 2.38 bits per heavy atom. The fourth-order valence-electron chi connectivity index (χ4n) is 2.65. The van der Waals surface area contributed by atoms with Gasteiger partial charge in [-0.25, -0.2) is 0 Å². The highest BCUT2D eigenvalue weighted by Crippen LogP contribution is 2.16. The van der Waals surface area contributed by atoms with Crippen molar-refractivity contribution in [2.75, 3.05) is 26.3 Å². The molecule has 1 saturated heterocycles. The highest BCUT2D eigenvalue weighted by molar-refractivity contribution is 5.70. The van der Waals surface area contributed by atoms with E-state index in [2.05, 4.69) is 4.90 Å². The van der Waals surface area contributed by atoms with Crippen LogP contribution in [0.5, 0.6) is 0 Å². The molecule has 0 spiro atoms. The van der Waals surface area contributed by atoms with Gasteiger partial charge >= 0.3 is 5.97 Å². The molecular weight excluding hydrogens is 270 g/mol. The number of ether oxygens (including phenoxy) is 1. The summed E-state index contributed by atoms with van der Waals surface area (Å²) < 4.78 is 5.55. The van der Waals surface area contributed by atoms with Gasteiger partial charge < -0.3 is 14.9 Å². The lowest BCUT2D eigenvalue weighted by Gasteiger charge is -2.31. The maximum Gasteiger partial charge on any atom is 0.307 e. The zero-order chi connectivity index (χ0) is 15.1. The van der Waals surface area contributed by atoms with Gasteiger partial charge in [-0.1, -0.05) is 24.3 Å². The number of hydrogen-bond donors (Lipinski definition) is 2. The largest absolute Gasteiger partial charge is 0.481 e. The second kappa shape index (κ2) is 8.12. The number of piperidine rings is 1. The van der Waals surface area contributed by atoms with E-state index in [4.69, 9.17) is 14.9 Å². The SMILES string of the molecule is O=C(O)Cc1ccc(CN2CCC(OCCO)CC2)cc1. The summed E-state index contributed by atoms with van der Waals surface area (Å²) in [4.78, 5) is 13.0. The van der Waals surface area contributed by atoms with Gasteiger partial charge in [0.05, 0.1) is 25.7 Å². The molecule has 1 aliphatic heterocycles. The molecule has 0 aromatic heterocycles. The molecular formula is C16H23NO4. The van der Waals surface area contributed by atoms with Crippen molar-refractivity contribution in [3.05, 3.63) is 35.4 Å². The Balaban J connectivity index is 1.76. The second-order valence-corrected chi connectivity index (χ2v) is 5.46. The first-order chi connectivity index (χ1) is 10.2. The standard InChI is InChI=1S/C16H23NO4/c18-9-10-21-15-5-7-17(8-6-15)12-14-3-1-13(2-4-14)11-16(19)20/h1-4,15,18H,5-12H2,(H,19,20). The van der Waals surface area contributed by atoms with Crippen molar-refractivity contribution >= 4 is 5.97 Å². The molecule has 2 rings (SSSR count). The molecule has 2 N–H and O–H groups in total. The molecule has 1 aromatic carbocycles. The molecule has 0 bridgehead atoms. The van der Waals surface area contributed by atoms with Crippen LogP contribution in [0.25, 0.3) is 0 Å². The highest BCUT2D eigenvalue weighted by atomic mass is 16.5. The lowest BCUT2D eigenvalue weighted by molar-refractivity contribution is -0.136. The van der Waals surface area contributed by atoms with E-state index in [-0.39, 0.29) is 19.1 Å². The van der Waals surface area contributed by atoms with Crippen LogP contribution in [0, 0.1) is 0 Å². The van der Waals surface area contributed by atoms with Crippen molar-refractivity contribution in [1.82, 2.24) is 4.90 Å². The van der Waals surface area contributed by atoms with Gasteiger partial charge in [-0.05, 0) is 24.0 Å². The number of aliphatic carboxylic acids is 1. The molecule has 0 aliphatic carbocycles. The second-order valence-electron chi connectivity index (χ2n) is 5.46. The molecule has 1 aliphatic rings. The maximum absolute atomic E-state index is 10.6. The number of carbonyl (C=O) groups is 1. The average Bonchev–Trinajstić information content (AvgIpc) is 2.48. The van der Waals surface area contributed by atoms with Gasteiger partial charge in [-0.3, -0.25) is 9.69 Å². The number of aliphatic hydroxyl groups is 1.